The molecule has 8 heteroatoms. The number of anilines is 2. The van der Waals surface area contributed by atoms with Crippen molar-refractivity contribution in [2.45, 2.75) is 26.3 Å². The molecular formula is C20H18Cl2N4OS. The number of allylic oxidation sites excluding steroid dienone is 1. The van der Waals surface area contributed by atoms with Crippen LogP contribution in [-0.2, 0) is 17.8 Å². The second-order valence-corrected chi connectivity index (χ2v) is 8.38. The molecule has 1 aliphatic rings. The largest absolute Gasteiger partial charge is 0.340 e. The van der Waals surface area contributed by atoms with Gasteiger partial charge in [-0.15, -0.1) is 11.3 Å². The van der Waals surface area contributed by atoms with E-state index in [2.05, 4.69) is 15.3 Å². The highest BCUT2D eigenvalue weighted by Crippen LogP contribution is 2.38. The SMILES string of the molecule is CC/C=C/C(=O)N1CCc2c(sc3ncnc(Nc4ccc(Cl)c(Cl)c4)c23)C1. The zero-order valence-corrected chi connectivity index (χ0v) is 17.5. The summed E-state index contributed by atoms with van der Waals surface area (Å²) in [6, 6.07) is 5.39. The maximum Gasteiger partial charge on any atom is 0.246 e. The van der Waals surface area contributed by atoms with E-state index in [-0.39, 0.29) is 5.91 Å². The molecule has 5 nitrogen and oxygen atoms in total. The van der Waals surface area contributed by atoms with Gasteiger partial charge in [0.05, 0.1) is 22.0 Å². The fourth-order valence-corrected chi connectivity index (χ4v) is 4.75. The van der Waals surface area contributed by atoms with Crippen LogP contribution in [-0.4, -0.2) is 27.3 Å². The third kappa shape index (κ3) is 3.72. The van der Waals surface area contributed by atoms with Gasteiger partial charge in [-0.1, -0.05) is 36.2 Å². The van der Waals surface area contributed by atoms with Crippen molar-refractivity contribution >= 4 is 62.2 Å². The summed E-state index contributed by atoms with van der Waals surface area (Å²) < 4.78 is 0. The normalized spacial score (nSPS) is 13.9. The van der Waals surface area contributed by atoms with Crippen LogP contribution in [0.3, 0.4) is 0 Å². The number of aromatic nitrogens is 2. The average Bonchev–Trinajstić information content (AvgIpc) is 3.07. The maximum absolute atomic E-state index is 12.3. The highest BCUT2D eigenvalue weighted by atomic mass is 35.5. The van der Waals surface area contributed by atoms with Crippen LogP contribution >= 0.6 is 34.5 Å². The van der Waals surface area contributed by atoms with Gasteiger partial charge in [0.15, 0.2) is 0 Å². The number of amides is 1. The van der Waals surface area contributed by atoms with Crippen molar-refractivity contribution in [2.75, 3.05) is 11.9 Å². The molecule has 0 unspecified atom stereocenters. The van der Waals surface area contributed by atoms with E-state index in [4.69, 9.17) is 23.2 Å². The van der Waals surface area contributed by atoms with E-state index in [1.54, 1.807) is 35.9 Å². The molecule has 0 bridgehead atoms. The summed E-state index contributed by atoms with van der Waals surface area (Å²) in [5.41, 5.74) is 2.03. The Bertz CT molecular complexity index is 1080. The summed E-state index contributed by atoms with van der Waals surface area (Å²) in [6.45, 7) is 3.31. The number of rotatable bonds is 4. The molecule has 0 spiro atoms. The minimum Gasteiger partial charge on any atom is -0.340 e. The summed E-state index contributed by atoms with van der Waals surface area (Å²) in [6.07, 6.45) is 6.75. The summed E-state index contributed by atoms with van der Waals surface area (Å²) in [5.74, 6) is 0.803. The van der Waals surface area contributed by atoms with Crippen LogP contribution in [0.25, 0.3) is 10.2 Å². The van der Waals surface area contributed by atoms with Gasteiger partial charge in [0, 0.05) is 17.1 Å². The van der Waals surface area contributed by atoms with Gasteiger partial charge in [0.2, 0.25) is 5.91 Å². The summed E-state index contributed by atoms with van der Waals surface area (Å²) in [4.78, 5) is 25.2. The molecule has 28 heavy (non-hydrogen) atoms. The Balaban J connectivity index is 1.66. The predicted molar refractivity (Wildman–Crippen MR) is 116 cm³/mol. The molecule has 1 N–H and O–H groups in total. The van der Waals surface area contributed by atoms with Crippen LogP contribution in [0, 0.1) is 0 Å². The zero-order valence-electron chi connectivity index (χ0n) is 15.2. The monoisotopic (exact) mass is 432 g/mol. The summed E-state index contributed by atoms with van der Waals surface area (Å²) >= 11 is 13.8. The van der Waals surface area contributed by atoms with Crippen molar-refractivity contribution < 1.29 is 4.79 Å². The lowest BCUT2D eigenvalue weighted by Crippen LogP contribution is -2.34. The van der Waals surface area contributed by atoms with Crippen molar-refractivity contribution in [3.63, 3.8) is 0 Å². The van der Waals surface area contributed by atoms with Gasteiger partial charge in [-0.2, -0.15) is 0 Å². The first kappa shape index (κ1) is 19.2. The van der Waals surface area contributed by atoms with E-state index in [1.807, 2.05) is 24.0 Å². The smallest absolute Gasteiger partial charge is 0.246 e. The number of benzene rings is 1. The number of fused-ring (bicyclic) bond motifs is 3. The van der Waals surface area contributed by atoms with E-state index in [1.165, 1.54) is 5.56 Å². The van der Waals surface area contributed by atoms with Crippen molar-refractivity contribution in [1.82, 2.24) is 14.9 Å². The van der Waals surface area contributed by atoms with Crippen molar-refractivity contribution in [1.29, 1.82) is 0 Å². The van der Waals surface area contributed by atoms with Crippen LogP contribution in [0.15, 0.2) is 36.7 Å². The maximum atomic E-state index is 12.3. The lowest BCUT2D eigenvalue weighted by Gasteiger charge is -2.26. The molecule has 4 rings (SSSR count). The van der Waals surface area contributed by atoms with E-state index in [9.17, 15) is 4.79 Å². The third-order valence-corrected chi connectivity index (χ3v) is 6.49. The fourth-order valence-electron chi connectivity index (χ4n) is 3.25. The molecule has 1 aliphatic heterocycles. The molecule has 144 valence electrons. The van der Waals surface area contributed by atoms with Crippen LogP contribution in [0.1, 0.15) is 23.8 Å². The molecule has 0 aliphatic carbocycles. The third-order valence-electron chi connectivity index (χ3n) is 4.63. The molecule has 1 amide bonds. The lowest BCUT2D eigenvalue weighted by atomic mass is 10.0. The van der Waals surface area contributed by atoms with Gasteiger partial charge in [-0.05, 0) is 42.7 Å². The van der Waals surface area contributed by atoms with E-state index in [0.717, 1.165) is 39.4 Å². The van der Waals surface area contributed by atoms with Gasteiger partial charge < -0.3 is 10.2 Å². The first-order chi connectivity index (χ1) is 13.6. The number of carbonyl (C=O) groups is 1. The Morgan fingerprint density at radius 3 is 2.96 bits per heavy atom. The molecule has 0 atom stereocenters. The fraction of sp³-hybridized carbons (Fsp3) is 0.250. The molecule has 3 heterocycles. The molecular weight excluding hydrogens is 415 g/mol. The Hall–Kier alpha value is -2.15. The van der Waals surface area contributed by atoms with Gasteiger partial charge in [-0.25, -0.2) is 9.97 Å². The molecule has 2 aromatic heterocycles. The van der Waals surface area contributed by atoms with Gasteiger partial charge in [-0.3, -0.25) is 4.79 Å². The highest BCUT2D eigenvalue weighted by molar-refractivity contribution is 7.19. The molecule has 0 saturated heterocycles. The minimum absolute atomic E-state index is 0.0604. The summed E-state index contributed by atoms with van der Waals surface area (Å²) in [5, 5.41) is 5.35. The second kappa shape index (κ2) is 8.07. The first-order valence-corrected chi connectivity index (χ1v) is 10.6. The van der Waals surface area contributed by atoms with Crippen LogP contribution in [0.4, 0.5) is 11.5 Å². The molecule has 1 aromatic carbocycles. The first-order valence-electron chi connectivity index (χ1n) is 8.99. The Morgan fingerprint density at radius 2 is 2.18 bits per heavy atom. The lowest BCUT2D eigenvalue weighted by molar-refractivity contribution is -0.126. The molecule has 3 aromatic rings. The molecule has 0 fully saturated rings. The quantitative estimate of drug-likeness (QED) is 0.545. The van der Waals surface area contributed by atoms with Crippen molar-refractivity contribution in [2.24, 2.45) is 0 Å². The van der Waals surface area contributed by atoms with Crippen molar-refractivity contribution in [3.05, 3.63) is 57.2 Å². The standard InChI is InChI=1S/C20H18Cl2N4OS/c1-2-3-4-17(27)26-8-7-13-16(10-26)28-20-18(13)19(23-11-24-20)25-12-5-6-14(21)15(22)9-12/h3-6,9,11H,2,7-8,10H2,1H3,(H,23,24,25)/b4-3+. The van der Waals surface area contributed by atoms with Crippen LogP contribution in [0.5, 0.6) is 0 Å². The number of halogens is 2. The van der Waals surface area contributed by atoms with Gasteiger partial charge in [0.1, 0.15) is 17.0 Å². The average molecular weight is 433 g/mol. The number of thiophene rings is 1. The number of nitrogens with zero attached hydrogens (tertiary/aromatic N) is 3. The highest BCUT2D eigenvalue weighted by Gasteiger charge is 2.25. The topological polar surface area (TPSA) is 58.1 Å². The van der Waals surface area contributed by atoms with E-state index >= 15 is 0 Å². The number of hydrogen-bond acceptors (Lipinski definition) is 5. The molecule has 0 radical (unpaired) electrons. The Morgan fingerprint density at radius 1 is 1.32 bits per heavy atom. The number of hydrogen-bond donors (Lipinski definition) is 1. The van der Waals surface area contributed by atoms with Gasteiger partial charge in [0.25, 0.3) is 0 Å². The predicted octanol–water partition coefficient (Wildman–Crippen LogP) is 5.59. The van der Waals surface area contributed by atoms with E-state index < -0.39 is 0 Å². The minimum atomic E-state index is 0.0604. The van der Waals surface area contributed by atoms with Crippen LogP contribution < -0.4 is 5.32 Å². The zero-order chi connectivity index (χ0) is 19.7. The second-order valence-electron chi connectivity index (χ2n) is 6.48. The van der Waals surface area contributed by atoms with Gasteiger partial charge >= 0.3 is 0 Å². The number of nitrogens with one attached hydrogen (secondary N) is 1. The Labute approximate surface area is 177 Å². The summed E-state index contributed by atoms with van der Waals surface area (Å²) in [7, 11) is 0. The van der Waals surface area contributed by atoms with Crippen LogP contribution in [0.2, 0.25) is 10.0 Å². The molecule has 0 saturated carbocycles. The van der Waals surface area contributed by atoms with E-state index in [0.29, 0.717) is 23.1 Å². The number of carbonyl (C=O) groups excluding carboxylic acids is 1. The van der Waals surface area contributed by atoms with Crippen molar-refractivity contribution in [3.8, 4) is 0 Å². The Kier molecular flexibility index (Phi) is 5.53.